The molecule has 1 aliphatic carbocycles. The molecule has 2 aliphatic rings. The van der Waals surface area contributed by atoms with E-state index in [9.17, 15) is 4.79 Å². The Balaban J connectivity index is 1.99. The van der Waals surface area contributed by atoms with E-state index in [-0.39, 0.29) is 12.2 Å². The first-order valence-corrected chi connectivity index (χ1v) is 5.85. The van der Waals surface area contributed by atoms with Crippen molar-refractivity contribution in [3.8, 4) is 0 Å². The molecule has 0 bridgehead atoms. The molecule has 1 aliphatic heterocycles. The standard InChI is InChI=1S/C10H16ClNO2/c11-7-14-10(13)12-6-2-4-8-3-1-5-9(8)12/h8-9H,1-7H2. The monoisotopic (exact) mass is 217 g/mol. The minimum absolute atomic E-state index is 0.0350. The van der Waals surface area contributed by atoms with Crippen molar-refractivity contribution in [2.45, 2.75) is 38.1 Å². The fourth-order valence-electron chi connectivity index (χ4n) is 2.81. The van der Waals surface area contributed by atoms with E-state index in [0.29, 0.717) is 12.0 Å². The fraction of sp³-hybridized carbons (Fsp3) is 0.900. The van der Waals surface area contributed by atoms with Gasteiger partial charge in [0.05, 0.1) is 0 Å². The van der Waals surface area contributed by atoms with Crippen molar-refractivity contribution in [1.82, 2.24) is 4.90 Å². The summed E-state index contributed by atoms with van der Waals surface area (Å²) in [6.07, 6.45) is 5.82. The molecular weight excluding hydrogens is 202 g/mol. The Hall–Kier alpha value is -0.440. The van der Waals surface area contributed by atoms with E-state index in [2.05, 4.69) is 0 Å². The molecule has 0 aromatic carbocycles. The van der Waals surface area contributed by atoms with Gasteiger partial charge in [-0.2, -0.15) is 0 Å². The van der Waals surface area contributed by atoms with Crippen LogP contribution in [-0.2, 0) is 4.74 Å². The molecule has 14 heavy (non-hydrogen) atoms. The maximum absolute atomic E-state index is 11.6. The highest BCUT2D eigenvalue weighted by molar-refractivity contribution is 6.17. The molecule has 1 saturated carbocycles. The molecule has 0 radical (unpaired) electrons. The van der Waals surface area contributed by atoms with Crippen LogP contribution in [0.15, 0.2) is 0 Å². The number of hydrogen-bond donors (Lipinski definition) is 0. The van der Waals surface area contributed by atoms with E-state index in [0.717, 1.165) is 19.4 Å². The van der Waals surface area contributed by atoms with Crippen LogP contribution in [0, 0.1) is 5.92 Å². The second-order valence-electron chi connectivity index (χ2n) is 4.11. The van der Waals surface area contributed by atoms with Gasteiger partial charge >= 0.3 is 6.09 Å². The molecule has 0 N–H and O–H groups in total. The van der Waals surface area contributed by atoms with E-state index in [1.54, 1.807) is 0 Å². The minimum atomic E-state index is -0.225. The van der Waals surface area contributed by atoms with Crippen molar-refractivity contribution in [2.75, 3.05) is 12.6 Å². The van der Waals surface area contributed by atoms with E-state index in [1.165, 1.54) is 19.3 Å². The van der Waals surface area contributed by atoms with Crippen LogP contribution < -0.4 is 0 Å². The Morgan fingerprint density at radius 2 is 2.14 bits per heavy atom. The first-order chi connectivity index (χ1) is 6.83. The van der Waals surface area contributed by atoms with E-state index < -0.39 is 0 Å². The number of ether oxygens (including phenoxy) is 1. The number of amides is 1. The van der Waals surface area contributed by atoms with Crippen molar-refractivity contribution in [3.63, 3.8) is 0 Å². The van der Waals surface area contributed by atoms with Crippen LogP contribution in [0.1, 0.15) is 32.1 Å². The normalized spacial score (nSPS) is 31.4. The number of carbonyl (C=O) groups is 1. The highest BCUT2D eigenvalue weighted by Crippen LogP contribution is 2.36. The Bertz CT molecular complexity index is 222. The molecule has 2 rings (SSSR count). The van der Waals surface area contributed by atoms with Gasteiger partial charge in [-0.1, -0.05) is 18.0 Å². The van der Waals surface area contributed by atoms with E-state index >= 15 is 0 Å². The van der Waals surface area contributed by atoms with Crippen LogP contribution in [0.4, 0.5) is 4.79 Å². The summed E-state index contributed by atoms with van der Waals surface area (Å²) in [5, 5.41) is 0. The average Bonchev–Trinajstić information content (AvgIpc) is 2.65. The predicted octanol–water partition coefficient (Wildman–Crippen LogP) is 2.58. The highest BCUT2D eigenvalue weighted by atomic mass is 35.5. The molecule has 2 fully saturated rings. The van der Waals surface area contributed by atoms with Gasteiger partial charge in [0, 0.05) is 12.6 Å². The lowest BCUT2D eigenvalue weighted by Gasteiger charge is -2.36. The van der Waals surface area contributed by atoms with Crippen LogP contribution >= 0.6 is 11.6 Å². The molecule has 1 saturated heterocycles. The largest absolute Gasteiger partial charge is 0.433 e. The van der Waals surface area contributed by atoms with Gasteiger partial charge in [0.1, 0.15) is 0 Å². The van der Waals surface area contributed by atoms with Crippen molar-refractivity contribution in [2.24, 2.45) is 5.92 Å². The van der Waals surface area contributed by atoms with Gasteiger partial charge in [-0.3, -0.25) is 0 Å². The number of nitrogens with zero attached hydrogens (tertiary/aromatic N) is 1. The van der Waals surface area contributed by atoms with Crippen LogP contribution in [0.5, 0.6) is 0 Å². The number of hydrogen-bond acceptors (Lipinski definition) is 2. The maximum atomic E-state index is 11.6. The number of fused-ring (bicyclic) bond motifs is 1. The fourth-order valence-corrected chi connectivity index (χ4v) is 2.90. The van der Waals surface area contributed by atoms with Gasteiger partial charge < -0.3 is 9.64 Å². The van der Waals surface area contributed by atoms with Crippen molar-refractivity contribution in [1.29, 1.82) is 0 Å². The van der Waals surface area contributed by atoms with Gasteiger partial charge in [0.2, 0.25) is 0 Å². The second-order valence-corrected chi connectivity index (χ2v) is 4.33. The lowest BCUT2D eigenvalue weighted by Crippen LogP contribution is -2.46. The third-order valence-corrected chi connectivity index (χ3v) is 3.51. The summed E-state index contributed by atoms with van der Waals surface area (Å²) in [5.41, 5.74) is 0. The molecule has 0 aromatic rings. The van der Waals surface area contributed by atoms with Crippen molar-refractivity contribution < 1.29 is 9.53 Å². The maximum Gasteiger partial charge on any atom is 0.411 e. The summed E-state index contributed by atoms with van der Waals surface area (Å²) in [6, 6.07) is 0.395. The Morgan fingerprint density at radius 1 is 1.36 bits per heavy atom. The molecular formula is C10H16ClNO2. The first-order valence-electron chi connectivity index (χ1n) is 5.32. The molecule has 4 heteroatoms. The summed E-state index contributed by atoms with van der Waals surface area (Å²) in [5.74, 6) is 0.714. The SMILES string of the molecule is O=C(OCCl)N1CCCC2CCCC21. The van der Waals surface area contributed by atoms with Crippen LogP contribution in [0.25, 0.3) is 0 Å². The number of rotatable bonds is 1. The summed E-state index contributed by atoms with van der Waals surface area (Å²) in [7, 11) is 0. The second kappa shape index (κ2) is 4.39. The minimum Gasteiger partial charge on any atom is -0.433 e. The number of likely N-dealkylation sites (tertiary alicyclic amines) is 1. The summed E-state index contributed by atoms with van der Waals surface area (Å²) < 4.78 is 4.84. The summed E-state index contributed by atoms with van der Waals surface area (Å²) in [4.78, 5) is 13.4. The summed E-state index contributed by atoms with van der Waals surface area (Å²) >= 11 is 5.39. The van der Waals surface area contributed by atoms with Crippen LogP contribution in [0.3, 0.4) is 0 Å². The first kappa shape index (κ1) is 10.1. The molecule has 2 atom stereocenters. The Kier molecular flexibility index (Phi) is 3.16. The average molecular weight is 218 g/mol. The molecule has 0 spiro atoms. The molecule has 2 unspecified atom stereocenters. The lowest BCUT2D eigenvalue weighted by molar-refractivity contribution is 0.0718. The van der Waals surface area contributed by atoms with Crippen molar-refractivity contribution in [3.05, 3.63) is 0 Å². The number of carbonyl (C=O) groups excluding carboxylic acids is 1. The topological polar surface area (TPSA) is 29.5 Å². The van der Waals surface area contributed by atoms with Gasteiger partial charge in [0.15, 0.2) is 6.07 Å². The van der Waals surface area contributed by atoms with Gasteiger partial charge in [0.25, 0.3) is 0 Å². The van der Waals surface area contributed by atoms with Gasteiger partial charge in [-0.25, -0.2) is 4.79 Å². The Morgan fingerprint density at radius 3 is 2.93 bits per heavy atom. The third kappa shape index (κ3) is 1.83. The smallest absolute Gasteiger partial charge is 0.411 e. The van der Waals surface area contributed by atoms with Crippen molar-refractivity contribution >= 4 is 17.7 Å². The van der Waals surface area contributed by atoms with E-state index in [4.69, 9.17) is 16.3 Å². The summed E-state index contributed by atoms with van der Waals surface area (Å²) in [6.45, 7) is 0.844. The number of halogens is 1. The van der Waals surface area contributed by atoms with Crippen LogP contribution in [-0.4, -0.2) is 29.6 Å². The zero-order valence-electron chi connectivity index (χ0n) is 8.25. The number of piperidine rings is 1. The molecule has 3 nitrogen and oxygen atoms in total. The quantitative estimate of drug-likeness (QED) is 0.632. The van der Waals surface area contributed by atoms with E-state index in [1.807, 2.05) is 4.90 Å². The zero-order valence-corrected chi connectivity index (χ0v) is 9.00. The lowest BCUT2D eigenvalue weighted by atomic mass is 9.92. The number of alkyl halides is 1. The molecule has 0 aromatic heterocycles. The third-order valence-electron chi connectivity index (χ3n) is 3.41. The van der Waals surface area contributed by atoms with Crippen LogP contribution in [0.2, 0.25) is 0 Å². The zero-order chi connectivity index (χ0) is 9.97. The highest BCUT2D eigenvalue weighted by Gasteiger charge is 2.37. The van der Waals surface area contributed by atoms with Gasteiger partial charge in [-0.05, 0) is 31.6 Å². The Labute approximate surface area is 89.4 Å². The molecule has 80 valence electrons. The molecule has 1 amide bonds. The van der Waals surface area contributed by atoms with Gasteiger partial charge in [-0.15, -0.1) is 0 Å². The predicted molar refractivity (Wildman–Crippen MR) is 54.3 cm³/mol. The molecule has 1 heterocycles.